The zero-order valence-electron chi connectivity index (χ0n) is 20.9. The van der Waals surface area contributed by atoms with E-state index in [1.54, 1.807) is 18.7 Å². The van der Waals surface area contributed by atoms with Gasteiger partial charge in [-0.2, -0.15) is 0 Å². The first-order chi connectivity index (χ1) is 17.2. The van der Waals surface area contributed by atoms with Gasteiger partial charge in [-0.3, -0.25) is 14.4 Å². The van der Waals surface area contributed by atoms with Crippen LogP contribution in [0.2, 0.25) is 0 Å². The van der Waals surface area contributed by atoms with E-state index < -0.39 is 11.6 Å². The molecule has 0 bridgehead atoms. The first-order valence-corrected chi connectivity index (χ1v) is 12.2. The Labute approximate surface area is 211 Å². The molecule has 3 amide bonds. The van der Waals surface area contributed by atoms with Gasteiger partial charge in [0.2, 0.25) is 11.8 Å². The first-order valence-electron chi connectivity index (χ1n) is 12.2. The molecule has 2 heterocycles. The molecule has 5 N–H and O–H groups in total. The van der Waals surface area contributed by atoms with Crippen LogP contribution in [0.1, 0.15) is 48.8 Å². The highest BCUT2D eigenvalue weighted by molar-refractivity contribution is 6.02. The second-order valence-corrected chi connectivity index (χ2v) is 9.65. The number of benzene rings is 2. The third-order valence-corrected chi connectivity index (χ3v) is 6.35. The van der Waals surface area contributed by atoms with E-state index in [2.05, 4.69) is 15.6 Å². The van der Waals surface area contributed by atoms with Gasteiger partial charge in [-0.15, -0.1) is 0 Å². The molecule has 0 fully saturated rings. The molecule has 1 aromatic heterocycles. The SMILES string of the molecule is CCNC(=O)c1ccccc1-c1ccc(CN2C(=O)[C@H](NC(=O)C(C)(C)N)CCc3[nH]ccc32)cc1. The number of rotatable bonds is 7. The third-order valence-electron chi connectivity index (χ3n) is 6.35. The van der Waals surface area contributed by atoms with Gasteiger partial charge in [0.05, 0.1) is 17.8 Å². The number of carbonyl (C=O) groups is 3. The maximum Gasteiger partial charge on any atom is 0.251 e. The molecule has 188 valence electrons. The van der Waals surface area contributed by atoms with Crippen LogP contribution in [0.25, 0.3) is 11.1 Å². The van der Waals surface area contributed by atoms with Gasteiger partial charge in [-0.05, 0) is 62.4 Å². The van der Waals surface area contributed by atoms with Gasteiger partial charge in [0.1, 0.15) is 6.04 Å². The molecule has 1 aliphatic rings. The molecular weight excluding hydrogens is 454 g/mol. The molecule has 8 heteroatoms. The second kappa shape index (κ2) is 10.4. The summed E-state index contributed by atoms with van der Waals surface area (Å²) < 4.78 is 0. The summed E-state index contributed by atoms with van der Waals surface area (Å²) in [5, 5.41) is 5.70. The molecule has 0 radical (unpaired) electrons. The zero-order chi connectivity index (χ0) is 25.9. The van der Waals surface area contributed by atoms with Crippen molar-refractivity contribution in [2.24, 2.45) is 5.73 Å². The first kappa shape index (κ1) is 25.2. The van der Waals surface area contributed by atoms with Crippen molar-refractivity contribution >= 4 is 23.4 Å². The number of aromatic amines is 1. The fourth-order valence-corrected chi connectivity index (χ4v) is 4.37. The standard InChI is InChI=1S/C28H33N5O3/c1-4-30-25(34)21-8-6-5-7-20(21)19-11-9-18(10-12-19)17-33-24-15-16-31-22(24)13-14-23(26(33)35)32-27(36)28(2,3)29/h5-12,15-16,23,31H,4,13-14,17,29H2,1-3H3,(H,30,34)(H,32,36)/t23-/m1/s1. The normalized spacial score (nSPS) is 15.7. The van der Waals surface area contributed by atoms with Crippen molar-refractivity contribution in [2.75, 3.05) is 11.4 Å². The van der Waals surface area contributed by atoms with Gasteiger partial charge < -0.3 is 26.3 Å². The molecular formula is C28H33N5O3. The minimum atomic E-state index is -1.08. The Hall–Kier alpha value is -3.91. The van der Waals surface area contributed by atoms with Crippen LogP contribution in [0.3, 0.4) is 0 Å². The maximum absolute atomic E-state index is 13.6. The molecule has 1 atom stereocenters. The van der Waals surface area contributed by atoms with Gasteiger partial charge >= 0.3 is 0 Å². The van der Waals surface area contributed by atoms with Crippen molar-refractivity contribution in [3.8, 4) is 11.1 Å². The summed E-state index contributed by atoms with van der Waals surface area (Å²) in [6, 6.07) is 16.6. The van der Waals surface area contributed by atoms with Crippen LogP contribution >= 0.6 is 0 Å². The van der Waals surface area contributed by atoms with Gasteiger partial charge in [0, 0.05) is 24.0 Å². The lowest BCUT2D eigenvalue weighted by Crippen LogP contribution is -2.56. The zero-order valence-corrected chi connectivity index (χ0v) is 20.9. The Morgan fingerprint density at radius 2 is 1.83 bits per heavy atom. The number of anilines is 1. The van der Waals surface area contributed by atoms with Crippen LogP contribution in [0.4, 0.5) is 5.69 Å². The van der Waals surface area contributed by atoms with Gasteiger partial charge in [-0.1, -0.05) is 42.5 Å². The van der Waals surface area contributed by atoms with E-state index in [9.17, 15) is 14.4 Å². The average molecular weight is 488 g/mol. The molecule has 0 aliphatic carbocycles. The highest BCUT2D eigenvalue weighted by Crippen LogP contribution is 2.29. The van der Waals surface area contributed by atoms with Crippen LogP contribution in [-0.4, -0.2) is 40.8 Å². The molecule has 0 saturated carbocycles. The number of aromatic nitrogens is 1. The van der Waals surface area contributed by atoms with E-state index in [0.717, 1.165) is 28.1 Å². The number of nitrogens with one attached hydrogen (secondary N) is 3. The van der Waals surface area contributed by atoms with E-state index in [1.165, 1.54) is 0 Å². The predicted molar refractivity (Wildman–Crippen MR) is 140 cm³/mol. The van der Waals surface area contributed by atoms with E-state index in [1.807, 2.05) is 67.7 Å². The Kier molecular flexibility index (Phi) is 7.26. The number of fused-ring (bicyclic) bond motifs is 1. The number of hydrogen-bond acceptors (Lipinski definition) is 4. The highest BCUT2D eigenvalue weighted by atomic mass is 16.2. The Bertz CT molecular complexity index is 1260. The third kappa shape index (κ3) is 5.33. The summed E-state index contributed by atoms with van der Waals surface area (Å²) in [6.07, 6.45) is 2.95. The fraction of sp³-hybridized carbons (Fsp3) is 0.321. The van der Waals surface area contributed by atoms with Crippen molar-refractivity contribution in [1.29, 1.82) is 0 Å². The van der Waals surface area contributed by atoms with E-state index in [-0.39, 0.29) is 17.7 Å². The highest BCUT2D eigenvalue weighted by Gasteiger charge is 2.34. The van der Waals surface area contributed by atoms with E-state index in [4.69, 9.17) is 5.73 Å². The quantitative estimate of drug-likeness (QED) is 0.409. The van der Waals surface area contributed by atoms with Crippen molar-refractivity contribution < 1.29 is 14.4 Å². The van der Waals surface area contributed by atoms with Crippen molar-refractivity contribution in [3.63, 3.8) is 0 Å². The monoisotopic (exact) mass is 487 g/mol. The average Bonchev–Trinajstić information content (AvgIpc) is 3.28. The van der Waals surface area contributed by atoms with Gasteiger partial charge in [0.25, 0.3) is 5.91 Å². The number of hydrogen-bond donors (Lipinski definition) is 4. The van der Waals surface area contributed by atoms with Crippen LogP contribution in [0.15, 0.2) is 60.8 Å². The lowest BCUT2D eigenvalue weighted by atomic mass is 9.98. The molecule has 0 saturated heterocycles. The summed E-state index contributed by atoms with van der Waals surface area (Å²) in [5.74, 6) is -0.640. The summed E-state index contributed by atoms with van der Waals surface area (Å²) in [4.78, 5) is 43.5. The molecule has 3 aromatic rings. The van der Waals surface area contributed by atoms with Crippen LogP contribution in [0, 0.1) is 0 Å². The number of H-pyrrole nitrogens is 1. The lowest BCUT2D eigenvalue weighted by molar-refractivity contribution is -0.130. The number of aryl methyl sites for hydroxylation is 1. The number of nitrogens with zero attached hydrogens (tertiary/aromatic N) is 1. The smallest absolute Gasteiger partial charge is 0.251 e. The Morgan fingerprint density at radius 3 is 2.53 bits per heavy atom. The number of nitrogens with two attached hydrogens (primary N) is 1. The molecule has 1 aliphatic heterocycles. The molecule has 0 spiro atoms. The van der Waals surface area contributed by atoms with Gasteiger partial charge in [-0.25, -0.2) is 0 Å². The topological polar surface area (TPSA) is 120 Å². The largest absolute Gasteiger partial charge is 0.363 e. The second-order valence-electron chi connectivity index (χ2n) is 9.65. The fourth-order valence-electron chi connectivity index (χ4n) is 4.37. The van der Waals surface area contributed by atoms with Crippen molar-refractivity contribution in [1.82, 2.24) is 15.6 Å². The summed E-state index contributed by atoms with van der Waals surface area (Å²) in [5.41, 5.74) is 9.95. The Balaban J connectivity index is 1.58. The van der Waals surface area contributed by atoms with Crippen LogP contribution in [0.5, 0.6) is 0 Å². The number of amides is 3. The van der Waals surface area contributed by atoms with Crippen molar-refractivity contribution in [3.05, 3.63) is 77.6 Å². The summed E-state index contributed by atoms with van der Waals surface area (Å²) >= 11 is 0. The number of carbonyl (C=O) groups excluding carboxylic acids is 3. The Morgan fingerprint density at radius 1 is 1.11 bits per heavy atom. The van der Waals surface area contributed by atoms with Gasteiger partial charge in [0.15, 0.2) is 0 Å². The molecule has 4 rings (SSSR count). The van der Waals surface area contributed by atoms with E-state index in [0.29, 0.717) is 31.5 Å². The maximum atomic E-state index is 13.6. The minimum absolute atomic E-state index is 0.110. The molecule has 8 nitrogen and oxygen atoms in total. The molecule has 0 unspecified atom stereocenters. The van der Waals surface area contributed by atoms with E-state index >= 15 is 0 Å². The summed E-state index contributed by atoms with van der Waals surface area (Å²) in [7, 11) is 0. The minimum Gasteiger partial charge on any atom is -0.363 e. The molecule has 36 heavy (non-hydrogen) atoms. The van der Waals surface area contributed by atoms with Crippen LogP contribution in [-0.2, 0) is 22.6 Å². The summed E-state index contributed by atoms with van der Waals surface area (Å²) in [6.45, 7) is 6.04. The van der Waals surface area contributed by atoms with Crippen molar-refractivity contribution in [2.45, 2.75) is 51.7 Å². The molecule has 2 aromatic carbocycles. The predicted octanol–water partition coefficient (Wildman–Crippen LogP) is 3.13. The van der Waals surface area contributed by atoms with Crippen LogP contribution < -0.4 is 21.3 Å². The lowest BCUT2D eigenvalue weighted by Gasteiger charge is -2.27.